The third-order valence-corrected chi connectivity index (χ3v) is 5.18. The minimum Gasteiger partial charge on any atom is -0.378 e. The molecule has 1 aliphatic heterocycles. The third kappa shape index (κ3) is 5.80. The van der Waals surface area contributed by atoms with Gasteiger partial charge in [-0.05, 0) is 36.8 Å². The van der Waals surface area contributed by atoms with Crippen LogP contribution >= 0.6 is 0 Å². The van der Waals surface area contributed by atoms with Crippen molar-refractivity contribution in [1.82, 2.24) is 4.90 Å². The lowest BCUT2D eigenvalue weighted by molar-refractivity contribution is 0.0676. The summed E-state index contributed by atoms with van der Waals surface area (Å²) in [5, 5.41) is 0. The van der Waals surface area contributed by atoms with E-state index in [1.165, 1.54) is 5.56 Å². The Balaban J connectivity index is 1.70. The van der Waals surface area contributed by atoms with E-state index in [4.69, 9.17) is 14.7 Å². The maximum absolute atomic E-state index is 5.55. The molecule has 0 unspecified atom stereocenters. The molecule has 3 aromatic carbocycles. The van der Waals surface area contributed by atoms with Gasteiger partial charge in [-0.3, -0.25) is 0 Å². The second kappa shape index (κ2) is 10.5. The molecule has 0 atom stereocenters. The van der Waals surface area contributed by atoms with Crippen LogP contribution in [-0.2, 0) is 11.3 Å². The highest BCUT2D eigenvalue weighted by atomic mass is 16.5. The van der Waals surface area contributed by atoms with Crippen molar-refractivity contribution in [3.63, 3.8) is 0 Å². The SMILES string of the molecule is C/C(=N\C(=Nc1ccccc1)N1CCOCC1)N(Cc1ccccc1)c1ccccc1. The topological polar surface area (TPSA) is 40.4 Å². The number of anilines is 1. The van der Waals surface area contributed by atoms with Crippen LogP contribution in [0.3, 0.4) is 0 Å². The highest BCUT2D eigenvalue weighted by Gasteiger charge is 2.18. The van der Waals surface area contributed by atoms with Crippen LogP contribution in [0.4, 0.5) is 11.4 Å². The Hall–Kier alpha value is -3.44. The first-order valence-corrected chi connectivity index (χ1v) is 10.7. The van der Waals surface area contributed by atoms with Crippen molar-refractivity contribution in [3.05, 3.63) is 96.6 Å². The molecule has 1 fully saturated rings. The van der Waals surface area contributed by atoms with Crippen molar-refractivity contribution in [2.75, 3.05) is 31.2 Å². The summed E-state index contributed by atoms with van der Waals surface area (Å²) in [7, 11) is 0. The zero-order valence-electron chi connectivity index (χ0n) is 17.9. The van der Waals surface area contributed by atoms with Gasteiger partial charge in [0.05, 0.1) is 18.9 Å². The molecule has 0 radical (unpaired) electrons. The number of aliphatic imine (C=N–C) groups is 2. The Kier molecular flexibility index (Phi) is 7.08. The summed E-state index contributed by atoms with van der Waals surface area (Å²) in [5.41, 5.74) is 3.23. The first kappa shape index (κ1) is 20.8. The van der Waals surface area contributed by atoms with Gasteiger partial charge in [0.2, 0.25) is 5.96 Å². The second-order valence-corrected chi connectivity index (χ2v) is 7.41. The number of ether oxygens (including phenoxy) is 1. The maximum atomic E-state index is 5.55. The average molecular weight is 413 g/mol. The molecular formula is C26H28N4O. The van der Waals surface area contributed by atoms with E-state index in [-0.39, 0.29) is 0 Å². The van der Waals surface area contributed by atoms with Gasteiger partial charge in [0.25, 0.3) is 0 Å². The standard InChI is InChI=1S/C26H28N4O/c1-22(30(25-15-9-4-10-16-25)21-23-11-5-2-6-12-23)27-26(29-17-19-31-20-18-29)28-24-13-7-3-8-14-24/h2-16H,17-21H2,1H3/b27-22+,28-26?. The summed E-state index contributed by atoms with van der Waals surface area (Å²) in [6, 6.07) is 30.9. The van der Waals surface area contributed by atoms with E-state index in [1.807, 2.05) is 42.5 Å². The van der Waals surface area contributed by atoms with E-state index in [2.05, 4.69) is 65.3 Å². The fraction of sp³-hybridized carbons (Fsp3) is 0.231. The molecule has 1 aliphatic rings. The third-order valence-electron chi connectivity index (χ3n) is 5.18. The molecule has 1 saturated heterocycles. The summed E-state index contributed by atoms with van der Waals surface area (Å²) in [6.45, 7) is 5.74. The molecule has 1 heterocycles. The minimum absolute atomic E-state index is 0.689. The van der Waals surface area contributed by atoms with Crippen LogP contribution in [0.2, 0.25) is 0 Å². The lowest BCUT2D eigenvalue weighted by Crippen LogP contribution is -2.41. The molecule has 0 bridgehead atoms. The summed E-state index contributed by atoms with van der Waals surface area (Å²) < 4.78 is 5.55. The fourth-order valence-corrected chi connectivity index (χ4v) is 3.52. The van der Waals surface area contributed by atoms with Crippen LogP contribution in [0.5, 0.6) is 0 Å². The van der Waals surface area contributed by atoms with E-state index in [0.29, 0.717) is 13.2 Å². The Morgan fingerprint density at radius 2 is 1.42 bits per heavy atom. The number of hydrogen-bond acceptors (Lipinski definition) is 2. The zero-order chi connectivity index (χ0) is 21.3. The smallest absolute Gasteiger partial charge is 0.227 e. The molecule has 4 rings (SSSR count). The molecular weight excluding hydrogens is 384 g/mol. The molecule has 0 spiro atoms. The van der Waals surface area contributed by atoms with Crippen molar-refractivity contribution >= 4 is 23.2 Å². The molecule has 158 valence electrons. The molecule has 5 nitrogen and oxygen atoms in total. The van der Waals surface area contributed by atoms with Gasteiger partial charge < -0.3 is 14.5 Å². The normalized spacial score (nSPS) is 15.1. The summed E-state index contributed by atoms with van der Waals surface area (Å²) in [6.07, 6.45) is 0. The molecule has 0 amide bonds. The summed E-state index contributed by atoms with van der Waals surface area (Å²) >= 11 is 0. The van der Waals surface area contributed by atoms with Crippen LogP contribution in [0, 0.1) is 0 Å². The van der Waals surface area contributed by atoms with E-state index >= 15 is 0 Å². The Morgan fingerprint density at radius 1 is 0.839 bits per heavy atom. The molecule has 0 aliphatic carbocycles. The molecule has 31 heavy (non-hydrogen) atoms. The Labute approximate surface area is 184 Å². The number of benzene rings is 3. The van der Waals surface area contributed by atoms with Crippen LogP contribution in [-0.4, -0.2) is 43.0 Å². The lowest BCUT2D eigenvalue weighted by atomic mass is 10.2. The van der Waals surface area contributed by atoms with Gasteiger partial charge in [-0.25, -0.2) is 4.99 Å². The first-order valence-electron chi connectivity index (χ1n) is 10.7. The predicted molar refractivity (Wildman–Crippen MR) is 128 cm³/mol. The van der Waals surface area contributed by atoms with Crippen molar-refractivity contribution < 1.29 is 4.74 Å². The van der Waals surface area contributed by atoms with Crippen molar-refractivity contribution in [2.24, 2.45) is 9.98 Å². The number of rotatable bonds is 4. The number of para-hydroxylation sites is 2. The Bertz CT molecular complexity index is 997. The van der Waals surface area contributed by atoms with E-state index < -0.39 is 0 Å². The molecule has 0 saturated carbocycles. The van der Waals surface area contributed by atoms with Gasteiger partial charge in [-0.1, -0.05) is 66.7 Å². The van der Waals surface area contributed by atoms with Crippen LogP contribution in [0.25, 0.3) is 0 Å². The van der Waals surface area contributed by atoms with Crippen molar-refractivity contribution in [3.8, 4) is 0 Å². The van der Waals surface area contributed by atoms with E-state index in [9.17, 15) is 0 Å². The number of guanidine groups is 1. The van der Waals surface area contributed by atoms with Crippen LogP contribution in [0.15, 0.2) is 101 Å². The number of hydrogen-bond donors (Lipinski definition) is 0. The highest BCUT2D eigenvalue weighted by molar-refractivity contribution is 6.03. The molecule has 3 aromatic rings. The quantitative estimate of drug-likeness (QED) is 0.440. The van der Waals surface area contributed by atoms with Crippen LogP contribution in [0.1, 0.15) is 12.5 Å². The average Bonchev–Trinajstić information content (AvgIpc) is 2.84. The number of nitrogens with zero attached hydrogens (tertiary/aromatic N) is 4. The highest BCUT2D eigenvalue weighted by Crippen LogP contribution is 2.19. The minimum atomic E-state index is 0.689. The first-order chi connectivity index (χ1) is 15.3. The van der Waals surface area contributed by atoms with Gasteiger partial charge in [0.1, 0.15) is 5.84 Å². The predicted octanol–water partition coefficient (Wildman–Crippen LogP) is 5.13. The monoisotopic (exact) mass is 412 g/mol. The fourth-order valence-electron chi connectivity index (χ4n) is 3.52. The van der Waals surface area contributed by atoms with Crippen molar-refractivity contribution in [1.29, 1.82) is 0 Å². The number of amidine groups is 1. The van der Waals surface area contributed by atoms with Crippen LogP contribution < -0.4 is 4.90 Å². The van der Waals surface area contributed by atoms with Gasteiger partial charge in [0, 0.05) is 25.3 Å². The van der Waals surface area contributed by atoms with Gasteiger partial charge in [-0.2, -0.15) is 4.99 Å². The summed E-state index contributed by atoms with van der Waals surface area (Å²) in [4.78, 5) is 14.3. The summed E-state index contributed by atoms with van der Waals surface area (Å²) in [5.74, 6) is 1.62. The number of morpholine rings is 1. The zero-order valence-corrected chi connectivity index (χ0v) is 17.9. The van der Waals surface area contributed by atoms with Gasteiger partial charge in [0.15, 0.2) is 0 Å². The lowest BCUT2D eigenvalue weighted by Gasteiger charge is -2.29. The second-order valence-electron chi connectivity index (χ2n) is 7.41. The Morgan fingerprint density at radius 3 is 2.06 bits per heavy atom. The molecule has 5 heteroatoms. The molecule has 0 aromatic heterocycles. The van der Waals surface area contributed by atoms with E-state index in [0.717, 1.165) is 42.8 Å². The molecule has 0 N–H and O–H groups in total. The maximum Gasteiger partial charge on any atom is 0.227 e. The largest absolute Gasteiger partial charge is 0.378 e. The van der Waals surface area contributed by atoms with Gasteiger partial charge in [-0.15, -0.1) is 0 Å². The van der Waals surface area contributed by atoms with Crippen molar-refractivity contribution in [2.45, 2.75) is 13.5 Å². The van der Waals surface area contributed by atoms with E-state index in [1.54, 1.807) is 0 Å². The van der Waals surface area contributed by atoms with Gasteiger partial charge >= 0.3 is 0 Å².